The lowest BCUT2D eigenvalue weighted by Gasteiger charge is -2.23. The Labute approximate surface area is 99.4 Å². The Hall–Kier alpha value is -0.130. The molecule has 0 aromatic heterocycles. The van der Waals surface area contributed by atoms with E-state index in [0.717, 1.165) is 13.1 Å². The van der Waals surface area contributed by atoms with Crippen LogP contribution in [0.4, 0.5) is 0 Å². The standard InChI is InChI=1S/C11H25NO3S/c1-10(2)9-12-7-5-11(3,13)6-8-16(4,14)15/h10,12-13H,5-9H2,1-4H3. The number of rotatable bonds is 8. The van der Waals surface area contributed by atoms with Crippen LogP contribution < -0.4 is 5.32 Å². The maximum Gasteiger partial charge on any atom is 0.147 e. The molecule has 0 radical (unpaired) electrons. The largest absolute Gasteiger partial charge is 0.390 e. The Bertz CT molecular complexity index is 284. The van der Waals surface area contributed by atoms with E-state index in [-0.39, 0.29) is 5.75 Å². The van der Waals surface area contributed by atoms with Gasteiger partial charge in [-0.05, 0) is 38.8 Å². The highest BCUT2D eigenvalue weighted by molar-refractivity contribution is 7.90. The molecular weight excluding hydrogens is 226 g/mol. The highest BCUT2D eigenvalue weighted by Crippen LogP contribution is 2.14. The molecule has 5 heteroatoms. The van der Waals surface area contributed by atoms with Crippen LogP contribution in [0.2, 0.25) is 0 Å². The maximum atomic E-state index is 11.0. The lowest BCUT2D eigenvalue weighted by Crippen LogP contribution is -2.33. The van der Waals surface area contributed by atoms with Gasteiger partial charge in [0.2, 0.25) is 0 Å². The minimum absolute atomic E-state index is 0.0458. The molecule has 0 amide bonds. The quantitative estimate of drug-likeness (QED) is 0.627. The topological polar surface area (TPSA) is 66.4 Å². The van der Waals surface area contributed by atoms with Crippen LogP contribution in [0.3, 0.4) is 0 Å². The number of nitrogens with one attached hydrogen (secondary N) is 1. The molecular formula is C11H25NO3S. The zero-order chi connectivity index (χ0) is 12.8. The molecule has 0 aliphatic carbocycles. The number of hydrogen-bond acceptors (Lipinski definition) is 4. The Morgan fingerprint density at radius 2 is 1.88 bits per heavy atom. The molecule has 2 N–H and O–H groups in total. The third-order valence-electron chi connectivity index (χ3n) is 2.40. The Morgan fingerprint density at radius 3 is 2.31 bits per heavy atom. The van der Waals surface area contributed by atoms with Gasteiger partial charge in [-0.15, -0.1) is 0 Å². The van der Waals surface area contributed by atoms with Gasteiger partial charge in [0.1, 0.15) is 9.84 Å². The molecule has 16 heavy (non-hydrogen) atoms. The highest BCUT2D eigenvalue weighted by Gasteiger charge is 2.21. The van der Waals surface area contributed by atoms with Crippen molar-refractivity contribution in [3.8, 4) is 0 Å². The second-order valence-electron chi connectivity index (χ2n) is 5.22. The molecule has 0 aromatic rings. The molecule has 0 aliphatic heterocycles. The Morgan fingerprint density at radius 1 is 1.31 bits per heavy atom. The molecule has 0 bridgehead atoms. The maximum absolute atomic E-state index is 11.0. The van der Waals surface area contributed by atoms with E-state index in [1.807, 2.05) is 0 Å². The third-order valence-corrected chi connectivity index (χ3v) is 3.35. The fourth-order valence-corrected chi connectivity index (χ4v) is 2.09. The van der Waals surface area contributed by atoms with Gasteiger partial charge in [-0.25, -0.2) is 8.42 Å². The van der Waals surface area contributed by atoms with E-state index in [0.29, 0.717) is 18.8 Å². The summed E-state index contributed by atoms with van der Waals surface area (Å²) in [5.41, 5.74) is -0.896. The van der Waals surface area contributed by atoms with Gasteiger partial charge in [0.05, 0.1) is 11.4 Å². The minimum atomic E-state index is -2.98. The summed E-state index contributed by atoms with van der Waals surface area (Å²) in [5, 5.41) is 13.2. The predicted octanol–water partition coefficient (Wildman–Crippen LogP) is 0.808. The van der Waals surface area contributed by atoms with Gasteiger partial charge in [0.15, 0.2) is 0 Å². The first-order chi connectivity index (χ1) is 7.12. The van der Waals surface area contributed by atoms with E-state index in [2.05, 4.69) is 19.2 Å². The first kappa shape index (κ1) is 15.9. The van der Waals surface area contributed by atoms with Crippen LogP contribution >= 0.6 is 0 Å². The van der Waals surface area contributed by atoms with Crippen molar-refractivity contribution in [1.29, 1.82) is 0 Å². The summed E-state index contributed by atoms with van der Waals surface area (Å²) >= 11 is 0. The van der Waals surface area contributed by atoms with Crippen molar-refractivity contribution in [3.05, 3.63) is 0 Å². The predicted molar refractivity (Wildman–Crippen MR) is 67.3 cm³/mol. The van der Waals surface area contributed by atoms with Crippen LogP contribution in [0.25, 0.3) is 0 Å². The van der Waals surface area contributed by atoms with Crippen molar-refractivity contribution < 1.29 is 13.5 Å². The average molecular weight is 251 g/mol. The van der Waals surface area contributed by atoms with Crippen LogP contribution in [0.15, 0.2) is 0 Å². The van der Waals surface area contributed by atoms with Gasteiger partial charge in [-0.2, -0.15) is 0 Å². The first-order valence-electron chi connectivity index (χ1n) is 5.73. The Kier molecular flexibility index (Phi) is 6.51. The van der Waals surface area contributed by atoms with Gasteiger partial charge in [-0.3, -0.25) is 0 Å². The average Bonchev–Trinajstić information content (AvgIpc) is 2.08. The molecule has 0 heterocycles. The first-order valence-corrected chi connectivity index (χ1v) is 7.79. The molecule has 0 fully saturated rings. The summed E-state index contributed by atoms with van der Waals surface area (Å²) < 4.78 is 21.9. The second-order valence-corrected chi connectivity index (χ2v) is 7.48. The zero-order valence-corrected chi connectivity index (χ0v) is 11.6. The third kappa shape index (κ3) is 10.4. The molecule has 0 saturated heterocycles. The van der Waals surface area contributed by atoms with E-state index in [1.165, 1.54) is 6.26 Å². The van der Waals surface area contributed by atoms with Crippen LogP contribution in [-0.2, 0) is 9.84 Å². The summed E-state index contributed by atoms with van der Waals surface area (Å²) in [4.78, 5) is 0. The van der Waals surface area contributed by atoms with Gasteiger partial charge in [0.25, 0.3) is 0 Å². The molecule has 98 valence electrons. The van der Waals surface area contributed by atoms with Gasteiger partial charge >= 0.3 is 0 Å². The summed E-state index contributed by atoms with van der Waals surface area (Å²) in [6.45, 7) is 7.57. The molecule has 4 nitrogen and oxygen atoms in total. The lowest BCUT2D eigenvalue weighted by molar-refractivity contribution is 0.0479. The smallest absolute Gasteiger partial charge is 0.147 e. The van der Waals surface area contributed by atoms with Crippen molar-refractivity contribution in [3.63, 3.8) is 0 Å². The molecule has 0 spiro atoms. The molecule has 0 rings (SSSR count). The minimum Gasteiger partial charge on any atom is -0.390 e. The summed E-state index contributed by atoms with van der Waals surface area (Å²) in [6, 6.07) is 0. The Balaban J connectivity index is 3.78. The SMILES string of the molecule is CC(C)CNCCC(C)(O)CCS(C)(=O)=O. The van der Waals surface area contributed by atoms with E-state index >= 15 is 0 Å². The van der Waals surface area contributed by atoms with Crippen molar-refractivity contribution in [2.75, 3.05) is 25.1 Å². The second kappa shape index (κ2) is 6.57. The normalized spacial score (nSPS) is 16.4. The van der Waals surface area contributed by atoms with E-state index in [1.54, 1.807) is 6.92 Å². The van der Waals surface area contributed by atoms with Crippen LogP contribution in [0.1, 0.15) is 33.6 Å². The van der Waals surface area contributed by atoms with E-state index < -0.39 is 15.4 Å². The van der Waals surface area contributed by atoms with Crippen molar-refractivity contribution in [1.82, 2.24) is 5.32 Å². The summed E-state index contributed by atoms with van der Waals surface area (Å²) in [7, 11) is -2.98. The number of hydrogen-bond donors (Lipinski definition) is 2. The van der Waals surface area contributed by atoms with E-state index in [4.69, 9.17) is 0 Å². The molecule has 0 aliphatic rings. The highest BCUT2D eigenvalue weighted by atomic mass is 32.2. The van der Waals surface area contributed by atoms with Crippen molar-refractivity contribution >= 4 is 9.84 Å². The molecule has 1 unspecified atom stereocenters. The van der Waals surface area contributed by atoms with Crippen molar-refractivity contribution in [2.24, 2.45) is 5.92 Å². The van der Waals surface area contributed by atoms with Crippen LogP contribution in [-0.4, -0.2) is 44.2 Å². The monoisotopic (exact) mass is 251 g/mol. The van der Waals surface area contributed by atoms with Crippen LogP contribution in [0.5, 0.6) is 0 Å². The molecule has 1 atom stereocenters. The van der Waals surface area contributed by atoms with Crippen molar-refractivity contribution in [2.45, 2.75) is 39.2 Å². The number of sulfone groups is 1. The zero-order valence-electron chi connectivity index (χ0n) is 10.8. The summed E-state index contributed by atoms with van der Waals surface area (Å²) in [5.74, 6) is 0.630. The molecule has 0 aromatic carbocycles. The van der Waals surface area contributed by atoms with Crippen LogP contribution in [0, 0.1) is 5.92 Å². The summed E-state index contributed by atoms with van der Waals surface area (Å²) in [6.07, 6.45) is 2.07. The number of aliphatic hydroxyl groups is 1. The fourth-order valence-electron chi connectivity index (χ4n) is 1.28. The van der Waals surface area contributed by atoms with Gasteiger partial charge < -0.3 is 10.4 Å². The lowest BCUT2D eigenvalue weighted by atomic mass is 9.99. The van der Waals surface area contributed by atoms with Gasteiger partial charge in [-0.1, -0.05) is 13.8 Å². The van der Waals surface area contributed by atoms with E-state index in [9.17, 15) is 13.5 Å². The fraction of sp³-hybridized carbons (Fsp3) is 1.00. The van der Waals surface area contributed by atoms with Gasteiger partial charge in [0, 0.05) is 6.26 Å². The molecule has 0 saturated carbocycles.